The van der Waals surface area contributed by atoms with Crippen molar-refractivity contribution in [3.05, 3.63) is 24.3 Å². The number of thioether (sulfide) groups is 1. The normalized spacial score (nSPS) is 16.1. The Labute approximate surface area is 200 Å². The van der Waals surface area contributed by atoms with Crippen molar-refractivity contribution in [3.8, 4) is 11.4 Å². The summed E-state index contributed by atoms with van der Waals surface area (Å²) in [7, 11) is -3.61. The molecule has 1 unspecified atom stereocenters. The van der Waals surface area contributed by atoms with Crippen LogP contribution in [0.5, 0.6) is 0 Å². The van der Waals surface area contributed by atoms with Crippen molar-refractivity contribution in [2.24, 2.45) is 5.92 Å². The molecule has 3 rings (SSSR count). The van der Waals surface area contributed by atoms with Gasteiger partial charge in [0.05, 0.1) is 10.1 Å². The van der Waals surface area contributed by atoms with Crippen LogP contribution < -0.4 is 11.2 Å². The molecule has 0 saturated heterocycles. The standard InChI is InChI=1S/C22H34N6O3S2/c1-4-27(5-2)33(30,31)19-13-9-12-18(14-19)20-25-26-22(28(20)23)32-16(3)21(29)24-15-17-10-7-6-8-11-17/h9,12-14,16-17H,4-8,10-11,15,23H2,1-3H3,(H,24,29). The summed E-state index contributed by atoms with van der Waals surface area (Å²) in [6.45, 7) is 6.90. The van der Waals surface area contributed by atoms with E-state index in [-0.39, 0.29) is 16.1 Å². The molecule has 0 bridgehead atoms. The third-order valence-electron chi connectivity index (χ3n) is 6.04. The highest BCUT2D eigenvalue weighted by molar-refractivity contribution is 8.00. The Balaban J connectivity index is 1.70. The molecule has 0 radical (unpaired) electrons. The second-order valence-corrected chi connectivity index (χ2v) is 11.5. The molecule has 0 spiro atoms. The lowest BCUT2D eigenvalue weighted by Gasteiger charge is -2.22. The minimum atomic E-state index is -3.61. The third kappa shape index (κ3) is 6.07. The van der Waals surface area contributed by atoms with Gasteiger partial charge in [0.2, 0.25) is 21.1 Å². The van der Waals surface area contributed by atoms with Gasteiger partial charge in [-0.2, -0.15) is 4.31 Å². The van der Waals surface area contributed by atoms with Gasteiger partial charge in [-0.15, -0.1) is 10.2 Å². The van der Waals surface area contributed by atoms with Crippen LogP contribution in [0.25, 0.3) is 11.4 Å². The number of sulfonamides is 1. The van der Waals surface area contributed by atoms with Crippen LogP contribution in [0, 0.1) is 5.92 Å². The second-order valence-electron chi connectivity index (χ2n) is 8.30. The van der Waals surface area contributed by atoms with E-state index in [0.717, 1.165) is 0 Å². The van der Waals surface area contributed by atoms with Gasteiger partial charge in [-0.1, -0.05) is 57.0 Å². The van der Waals surface area contributed by atoms with Gasteiger partial charge >= 0.3 is 0 Å². The van der Waals surface area contributed by atoms with Crippen LogP contribution in [-0.2, 0) is 14.8 Å². The summed E-state index contributed by atoms with van der Waals surface area (Å²) in [6.07, 6.45) is 6.11. The summed E-state index contributed by atoms with van der Waals surface area (Å²) in [5.74, 6) is 7.07. The summed E-state index contributed by atoms with van der Waals surface area (Å²) in [4.78, 5) is 12.7. The largest absolute Gasteiger partial charge is 0.355 e. The quantitative estimate of drug-likeness (QED) is 0.384. The minimum absolute atomic E-state index is 0.0533. The van der Waals surface area contributed by atoms with E-state index in [1.807, 2.05) is 6.92 Å². The highest BCUT2D eigenvalue weighted by atomic mass is 32.2. The van der Waals surface area contributed by atoms with Gasteiger partial charge in [0, 0.05) is 25.2 Å². The molecular weight excluding hydrogens is 460 g/mol. The fourth-order valence-electron chi connectivity index (χ4n) is 4.05. The molecule has 33 heavy (non-hydrogen) atoms. The average molecular weight is 495 g/mol. The molecule has 1 fully saturated rings. The lowest BCUT2D eigenvalue weighted by Crippen LogP contribution is -2.35. The summed E-state index contributed by atoms with van der Waals surface area (Å²) in [6, 6.07) is 6.51. The molecule has 9 nitrogen and oxygen atoms in total. The molecule has 11 heteroatoms. The maximum atomic E-state index is 12.9. The van der Waals surface area contributed by atoms with Gasteiger partial charge in [0.25, 0.3) is 0 Å². The Morgan fingerprint density at radius 3 is 2.61 bits per heavy atom. The predicted molar refractivity (Wildman–Crippen MR) is 131 cm³/mol. The first kappa shape index (κ1) is 25.5. The Morgan fingerprint density at radius 1 is 1.24 bits per heavy atom. The van der Waals surface area contributed by atoms with Crippen LogP contribution in [0.4, 0.5) is 0 Å². The van der Waals surface area contributed by atoms with E-state index in [4.69, 9.17) is 5.84 Å². The Hall–Kier alpha value is -2.11. The summed E-state index contributed by atoms with van der Waals surface area (Å²) >= 11 is 1.23. The molecular formula is C22H34N6O3S2. The number of hydrogen-bond donors (Lipinski definition) is 2. The number of carbonyl (C=O) groups is 1. The summed E-state index contributed by atoms with van der Waals surface area (Å²) < 4.78 is 28.4. The number of benzene rings is 1. The van der Waals surface area contributed by atoms with Crippen molar-refractivity contribution in [2.45, 2.75) is 68.2 Å². The first-order chi connectivity index (χ1) is 15.8. The number of nitrogens with one attached hydrogen (secondary N) is 1. The molecule has 1 aromatic carbocycles. The topological polar surface area (TPSA) is 123 Å². The van der Waals surface area contributed by atoms with Gasteiger partial charge in [0.1, 0.15) is 0 Å². The van der Waals surface area contributed by atoms with Crippen LogP contribution in [0.15, 0.2) is 34.3 Å². The zero-order valence-corrected chi connectivity index (χ0v) is 21.2. The van der Waals surface area contributed by atoms with E-state index in [2.05, 4.69) is 15.5 Å². The van der Waals surface area contributed by atoms with Crippen LogP contribution in [-0.4, -0.2) is 58.4 Å². The molecule has 182 valence electrons. The first-order valence-corrected chi connectivity index (χ1v) is 13.8. The van der Waals surface area contributed by atoms with Crippen molar-refractivity contribution >= 4 is 27.7 Å². The monoisotopic (exact) mass is 494 g/mol. The lowest BCUT2D eigenvalue weighted by molar-refractivity contribution is -0.120. The number of aromatic nitrogens is 3. The Morgan fingerprint density at radius 2 is 1.94 bits per heavy atom. The zero-order valence-electron chi connectivity index (χ0n) is 19.5. The van der Waals surface area contributed by atoms with Crippen molar-refractivity contribution < 1.29 is 13.2 Å². The molecule has 1 heterocycles. The second kappa shape index (κ2) is 11.3. The highest BCUT2D eigenvalue weighted by Crippen LogP contribution is 2.27. The van der Waals surface area contributed by atoms with E-state index < -0.39 is 10.0 Å². The van der Waals surface area contributed by atoms with Gasteiger partial charge in [0.15, 0.2) is 5.82 Å². The predicted octanol–water partition coefficient (Wildman–Crippen LogP) is 2.87. The SMILES string of the molecule is CCN(CC)S(=O)(=O)c1cccc(-c2nnc(SC(C)C(=O)NCC3CCCCC3)n2N)c1. The van der Waals surface area contributed by atoms with E-state index in [9.17, 15) is 13.2 Å². The minimum Gasteiger partial charge on any atom is -0.355 e. The number of amides is 1. The average Bonchev–Trinajstić information content (AvgIpc) is 3.18. The van der Waals surface area contributed by atoms with Gasteiger partial charge in [-0.05, 0) is 37.8 Å². The van der Waals surface area contributed by atoms with Gasteiger partial charge in [-0.25, -0.2) is 13.1 Å². The van der Waals surface area contributed by atoms with Crippen LogP contribution in [0.1, 0.15) is 52.9 Å². The van der Waals surface area contributed by atoms with Crippen molar-refractivity contribution in [1.82, 2.24) is 24.5 Å². The van der Waals surface area contributed by atoms with Gasteiger partial charge in [-0.3, -0.25) is 4.79 Å². The van der Waals surface area contributed by atoms with Gasteiger partial charge < -0.3 is 11.2 Å². The molecule has 1 aliphatic rings. The van der Waals surface area contributed by atoms with Crippen LogP contribution >= 0.6 is 11.8 Å². The van der Waals surface area contributed by atoms with E-state index in [1.54, 1.807) is 38.1 Å². The molecule has 3 N–H and O–H groups in total. The maximum Gasteiger partial charge on any atom is 0.243 e. The number of rotatable bonds is 10. The Bertz CT molecular complexity index is 1050. The summed E-state index contributed by atoms with van der Waals surface area (Å²) in [5.41, 5.74) is 0.541. The highest BCUT2D eigenvalue weighted by Gasteiger charge is 2.24. The smallest absolute Gasteiger partial charge is 0.243 e. The molecule has 1 atom stereocenters. The zero-order chi connectivity index (χ0) is 24.0. The van der Waals surface area contributed by atoms with Crippen molar-refractivity contribution in [1.29, 1.82) is 0 Å². The van der Waals surface area contributed by atoms with Crippen LogP contribution in [0.2, 0.25) is 0 Å². The van der Waals surface area contributed by atoms with E-state index >= 15 is 0 Å². The summed E-state index contributed by atoms with van der Waals surface area (Å²) in [5, 5.41) is 11.3. The molecule has 1 amide bonds. The Kier molecular flexibility index (Phi) is 8.77. The molecule has 0 aliphatic heterocycles. The number of nitrogen functional groups attached to an aromatic ring is 1. The fourth-order valence-corrected chi connectivity index (χ4v) is 6.35. The molecule has 1 aliphatic carbocycles. The number of nitrogens with two attached hydrogens (primary N) is 1. The van der Waals surface area contributed by atoms with E-state index in [0.29, 0.717) is 42.1 Å². The van der Waals surface area contributed by atoms with Crippen LogP contribution in [0.3, 0.4) is 0 Å². The first-order valence-electron chi connectivity index (χ1n) is 11.5. The number of nitrogens with zero attached hydrogens (tertiary/aromatic N) is 4. The fraction of sp³-hybridized carbons (Fsp3) is 0.591. The third-order valence-corrected chi connectivity index (χ3v) is 9.14. The maximum absolute atomic E-state index is 12.9. The number of carbonyl (C=O) groups excluding carboxylic acids is 1. The van der Waals surface area contributed by atoms with Crippen molar-refractivity contribution in [2.75, 3.05) is 25.5 Å². The van der Waals surface area contributed by atoms with E-state index in [1.165, 1.54) is 52.8 Å². The molecule has 1 saturated carbocycles. The lowest BCUT2D eigenvalue weighted by atomic mass is 9.89. The molecule has 2 aromatic rings. The number of hydrogen-bond acceptors (Lipinski definition) is 7. The van der Waals surface area contributed by atoms with Crippen molar-refractivity contribution in [3.63, 3.8) is 0 Å². The molecule has 1 aromatic heterocycles.